The number of tetrazole rings is 1. The Morgan fingerprint density at radius 1 is 0.857 bits per heavy atom. The van der Waals surface area contributed by atoms with Gasteiger partial charge >= 0.3 is 0 Å². The number of halogens is 1. The topological polar surface area (TPSA) is 53.3 Å². The van der Waals surface area contributed by atoms with Crippen molar-refractivity contribution in [1.82, 2.24) is 25.1 Å². The van der Waals surface area contributed by atoms with Crippen molar-refractivity contribution in [2.75, 3.05) is 50.1 Å². The van der Waals surface area contributed by atoms with Gasteiger partial charge in [0.2, 0.25) is 0 Å². The van der Waals surface area contributed by atoms with E-state index in [1.54, 1.807) is 12.1 Å². The van der Waals surface area contributed by atoms with Crippen LogP contribution in [0.4, 0.5) is 15.8 Å². The zero-order valence-electron chi connectivity index (χ0n) is 20.1. The van der Waals surface area contributed by atoms with Crippen molar-refractivity contribution in [1.29, 1.82) is 0 Å². The van der Waals surface area contributed by atoms with Crippen molar-refractivity contribution < 1.29 is 4.39 Å². The SMILES string of the molecule is CN(C)c1ccc(C(c2nnnn2Cc2ccc(F)cc2)N2CCN(c3ccccc3)CC2)cc1. The van der Waals surface area contributed by atoms with Crippen LogP contribution in [-0.2, 0) is 6.54 Å². The molecule has 2 heterocycles. The van der Waals surface area contributed by atoms with Gasteiger partial charge in [-0.2, -0.15) is 0 Å². The van der Waals surface area contributed by atoms with Gasteiger partial charge in [-0.15, -0.1) is 5.10 Å². The summed E-state index contributed by atoms with van der Waals surface area (Å²) in [6.45, 7) is 4.11. The Balaban J connectivity index is 1.44. The summed E-state index contributed by atoms with van der Waals surface area (Å²) in [7, 11) is 4.08. The van der Waals surface area contributed by atoms with E-state index < -0.39 is 0 Å². The first-order chi connectivity index (χ1) is 17.1. The Morgan fingerprint density at radius 3 is 2.20 bits per heavy atom. The molecule has 1 aromatic heterocycles. The maximum atomic E-state index is 13.4. The molecule has 4 aromatic rings. The van der Waals surface area contributed by atoms with Gasteiger partial charge in [0.1, 0.15) is 5.82 Å². The van der Waals surface area contributed by atoms with Crippen molar-refractivity contribution in [3.63, 3.8) is 0 Å². The smallest absolute Gasteiger partial charge is 0.173 e. The van der Waals surface area contributed by atoms with Crippen molar-refractivity contribution in [3.05, 3.63) is 102 Å². The van der Waals surface area contributed by atoms with Crippen LogP contribution < -0.4 is 9.80 Å². The van der Waals surface area contributed by atoms with Gasteiger partial charge in [-0.25, -0.2) is 9.07 Å². The van der Waals surface area contributed by atoms with Gasteiger partial charge in [0.25, 0.3) is 0 Å². The Hall–Kier alpha value is -3.78. The number of aromatic nitrogens is 4. The third-order valence-corrected chi connectivity index (χ3v) is 6.58. The molecule has 8 heteroatoms. The van der Waals surface area contributed by atoms with E-state index in [-0.39, 0.29) is 11.9 Å². The molecule has 7 nitrogen and oxygen atoms in total. The molecule has 0 spiro atoms. The van der Waals surface area contributed by atoms with Gasteiger partial charge in [-0.05, 0) is 58.0 Å². The molecule has 1 saturated heterocycles. The predicted molar refractivity (Wildman–Crippen MR) is 136 cm³/mol. The third kappa shape index (κ3) is 5.17. The van der Waals surface area contributed by atoms with Gasteiger partial charge in [0, 0.05) is 51.6 Å². The number of hydrogen-bond acceptors (Lipinski definition) is 6. The van der Waals surface area contributed by atoms with Gasteiger partial charge in [-0.3, -0.25) is 4.90 Å². The number of anilines is 2. The first-order valence-electron chi connectivity index (χ1n) is 11.9. The molecule has 0 N–H and O–H groups in total. The Labute approximate surface area is 205 Å². The van der Waals surface area contributed by atoms with E-state index in [0.29, 0.717) is 6.54 Å². The highest BCUT2D eigenvalue weighted by Crippen LogP contribution is 2.30. The average molecular weight is 472 g/mol. The van der Waals surface area contributed by atoms with Crippen LogP contribution >= 0.6 is 0 Å². The molecule has 0 bridgehead atoms. The first-order valence-corrected chi connectivity index (χ1v) is 11.9. The van der Waals surface area contributed by atoms with Crippen molar-refractivity contribution in [2.24, 2.45) is 0 Å². The second-order valence-electron chi connectivity index (χ2n) is 9.07. The van der Waals surface area contributed by atoms with E-state index in [1.807, 2.05) is 24.8 Å². The minimum absolute atomic E-state index is 0.0837. The van der Waals surface area contributed by atoms with Crippen LogP contribution in [0, 0.1) is 5.82 Å². The quantitative estimate of drug-likeness (QED) is 0.408. The third-order valence-electron chi connectivity index (χ3n) is 6.58. The normalized spacial score (nSPS) is 15.2. The number of rotatable bonds is 7. The number of piperazine rings is 1. The number of hydrogen-bond donors (Lipinski definition) is 0. The van der Waals surface area contributed by atoms with Gasteiger partial charge < -0.3 is 9.80 Å². The first kappa shape index (κ1) is 23.0. The molecule has 3 aromatic carbocycles. The van der Waals surface area contributed by atoms with Crippen LogP contribution in [0.25, 0.3) is 0 Å². The van der Waals surface area contributed by atoms with E-state index in [2.05, 4.69) is 78.8 Å². The Morgan fingerprint density at radius 2 is 1.54 bits per heavy atom. The summed E-state index contributed by atoms with van der Waals surface area (Å²) >= 11 is 0. The average Bonchev–Trinajstić information content (AvgIpc) is 3.34. The van der Waals surface area contributed by atoms with Crippen LogP contribution in [0.2, 0.25) is 0 Å². The van der Waals surface area contributed by atoms with Crippen molar-refractivity contribution in [3.8, 4) is 0 Å². The zero-order valence-corrected chi connectivity index (χ0v) is 20.1. The van der Waals surface area contributed by atoms with E-state index in [1.165, 1.54) is 17.8 Å². The lowest BCUT2D eigenvalue weighted by Crippen LogP contribution is -2.48. The number of benzene rings is 3. The Kier molecular flexibility index (Phi) is 6.72. The monoisotopic (exact) mass is 471 g/mol. The fourth-order valence-electron chi connectivity index (χ4n) is 4.64. The van der Waals surface area contributed by atoms with E-state index in [9.17, 15) is 4.39 Å². The van der Waals surface area contributed by atoms with Gasteiger partial charge in [0.05, 0.1) is 12.6 Å². The maximum absolute atomic E-state index is 13.4. The van der Waals surface area contributed by atoms with Crippen LogP contribution in [-0.4, -0.2) is 65.4 Å². The molecule has 1 atom stereocenters. The molecule has 0 saturated carbocycles. The van der Waals surface area contributed by atoms with Crippen LogP contribution in [0.15, 0.2) is 78.9 Å². The molecule has 1 aliphatic rings. The molecule has 35 heavy (non-hydrogen) atoms. The highest BCUT2D eigenvalue weighted by Gasteiger charge is 2.30. The molecular formula is C27H30FN7. The predicted octanol–water partition coefficient (Wildman–Crippen LogP) is 3.84. The van der Waals surface area contributed by atoms with E-state index in [0.717, 1.165) is 48.8 Å². The largest absolute Gasteiger partial charge is 0.378 e. The lowest BCUT2D eigenvalue weighted by Gasteiger charge is -2.40. The molecule has 0 radical (unpaired) electrons. The molecule has 1 unspecified atom stereocenters. The van der Waals surface area contributed by atoms with Gasteiger partial charge in [-0.1, -0.05) is 42.5 Å². The molecule has 0 amide bonds. The summed E-state index contributed by atoms with van der Waals surface area (Å²) in [5.74, 6) is 0.543. The van der Waals surface area contributed by atoms with E-state index in [4.69, 9.17) is 0 Å². The van der Waals surface area contributed by atoms with Crippen molar-refractivity contribution in [2.45, 2.75) is 12.6 Å². The highest BCUT2D eigenvalue weighted by atomic mass is 19.1. The van der Waals surface area contributed by atoms with Crippen molar-refractivity contribution >= 4 is 11.4 Å². The zero-order chi connectivity index (χ0) is 24.2. The number of para-hydroxylation sites is 1. The molecule has 5 rings (SSSR count). The molecule has 1 fully saturated rings. The van der Waals surface area contributed by atoms with Crippen LogP contribution in [0.5, 0.6) is 0 Å². The molecule has 180 valence electrons. The summed E-state index contributed by atoms with van der Waals surface area (Å²) in [5, 5.41) is 12.8. The van der Waals surface area contributed by atoms with Gasteiger partial charge in [0.15, 0.2) is 5.82 Å². The summed E-state index contributed by atoms with van der Waals surface area (Å²) < 4.78 is 15.3. The molecule has 0 aliphatic carbocycles. The Bertz CT molecular complexity index is 1210. The maximum Gasteiger partial charge on any atom is 0.173 e. The fraction of sp³-hybridized carbons (Fsp3) is 0.296. The lowest BCUT2D eigenvalue weighted by atomic mass is 10.0. The summed E-state index contributed by atoms with van der Waals surface area (Å²) in [6.07, 6.45) is 0. The summed E-state index contributed by atoms with van der Waals surface area (Å²) in [6, 6.07) is 25.6. The summed E-state index contributed by atoms with van der Waals surface area (Å²) in [4.78, 5) is 6.97. The fourth-order valence-corrected chi connectivity index (χ4v) is 4.64. The highest BCUT2D eigenvalue weighted by molar-refractivity contribution is 5.48. The van der Waals surface area contributed by atoms with Crippen LogP contribution in [0.3, 0.4) is 0 Å². The molecular weight excluding hydrogens is 441 g/mol. The second-order valence-corrected chi connectivity index (χ2v) is 9.07. The molecule has 1 aliphatic heterocycles. The van der Waals surface area contributed by atoms with E-state index >= 15 is 0 Å². The minimum atomic E-state index is -0.249. The lowest BCUT2D eigenvalue weighted by molar-refractivity contribution is 0.201. The summed E-state index contributed by atoms with van der Waals surface area (Å²) in [5.41, 5.74) is 4.50. The standard InChI is InChI=1S/C27H30FN7/c1-32(2)24-14-10-22(11-15-24)26(34-18-16-33(17-19-34)25-6-4-3-5-7-25)27-29-30-31-35(27)20-21-8-12-23(28)13-9-21/h3-15,26H,16-20H2,1-2H3. The number of nitrogens with zero attached hydrogens (tertiary/aromatic N) is 7. The second kappa shape index (κ2) is 10.2. The minimum Gasteiger partial charge on any atom is -0.378 e. The van der Waals surface area contributed by atoms with Crippen LogP contribution in [0.1, 0.15) is 23.0 Å².